The third-order valence-electron chi connectivity index (χ3n) is 3.61. The van der Waals surface area contributed by atoms with Crippen LogP contribution in [-0.2, 0) is 0 Å². The van der Waals surface area contributed by atoms with Gasteiger partial charge in [-0.25, -0.2) is 0 Å². The van der Waals surface area contributed by atoms with Gasteiger partial charge in [-0.05, 0) is 41.9 Å². The van der Waals surface area contributed by atoms with E-state index in [4.69, 9.17) is 15.3 Å². The van der Waals surface area contributed by atoms with E-state index < -0.39 is 0 Å². The summed E-state index contributed by atoms with van der Waals surface area (Å²) in [5.74, 6) is 7.81. The first-order chi connectivity index (χ1) is 9.80. The average Bonchev–Trinajstić information content (AvgIpc) is 2.42. The number of nitrogens with one attached hydrogen (secondary N) is 1. The van der Waals surface area contributed by atoms with Crippen LogP contribution in [0, 0.1) is 11.3 Å². The normalized spacial score (nSPS) is 14.6. The highest BCUT2D eigenvalue weighted by Crippen LogP contribution is 2.34. The van der Waals surface area contributed by atoms with Crippen LogP contribution in [0.3, 0.4) is 0 Å². The van der Waals surface area contributed by atoms with E-state index in [1.54, 1.807) is 14.2 Å². The van der Waals surface area contributed by atoms with Gasteiger partial charge in [-0.1, -0.05) is 33.8 Å². The lowest BCUT2D eigenvalue weighted by molar-refractivity contribution is 0.276. The van der Waals surface area contributed by atoms with Gasteiger partial charge in [0.15, 0.2) is 11.5 Å². The summed E-state index contributed by atoms with van der Waals surface area (Å²) in [6.45, 7) is 9.08. The molecule has 0 spiro atoms. The minimum absolute atomic E-state index is 0.113. The van der Waals surface area contributed by atoms with Crippen molar-refractivity contribution in [1.29, 1.82) is 0 Å². The lowest BCUT2D eigenvalue weighted by atomic mass is 9.82. The number of hydrogen-bond donors (Lipinski definition) is 2. The molecule has 1 aromatic carbocycles. The summed E-state index contributed by atoms with van der Waals surface area (Å²) in [5.41, 5.74) is 4.38. The Morgan fingerprint density at radius 1 is 1.14 bits per heavy atom. The van der Waals surface area contributed by atoms with Crippen LogP contribution in [0.1, 0.15) is 52.1 Å². The van der Waals surface area contributed by atoms with Gasteiger partial charge >= 0.3 is 0 Å². The number of methoxy groups -OCH3 is 2. The van der Waals surface area contributed by atoms with Gasteiger partial charge in [0.25, 0.3) is 0 Å². The molecule has 21 heavy (non-hydrogen) atoms. The second-order valence-corrected chi connectivity index (χ2v) is 6.94. The summed E-state index contributed by atoms with van der Waals surface area (Å²) in [5, 5.41) is 0. The minimum atomic E-state index is 0.113. The van der Waals surface area contributed by atoms with Crippen molar-refractivity contribution in [2.75, 3.05) is 14.2 Å². The standard InChI is InChI=1S/C17H30N2O2/c1-12(11-17(2,3)4)9-14(19-18)13-7-8-15(20-5)16(10-13)21-6/h7-8,10,12,14,19H,9,11,18H2,1-6H3. The van der Waals surface area contributed by atoms with Crippen LogP contribution in [0.25, 0.3) is 0 Å². The molecule has 0 aliphatic carbocycles. The molecule has 0 amide bonds. The molecule has 2 atom stereocenters. The van der Waals surface area contributed by atoms with Gasteiger partial charge in [0.05, 0.1) is 14.2 Å². The Hall–Kier alpha value is -1.26. The van der Waals surface area contributed by atoms with E-state index in [-0.39, 0.29) is 6.04 Å². The van der Waals surface area contributed by atoms with Crippen LogP contribution in [0.5, 0.6) is 11.5 Å². The fourth-order valence-corrected chi connectivity index (χ4v) is 2.90. The minimum Gasteiger partial charge on any atom is -0.493 e. The number of hydrazine groups is 1. The monoisotopic (exact) mass is 294 g/mol. The molecule has 0 saturated carbocycles. The first kappa shape index (κ1) is 17.8. The summed E-state index contributed by atoms with van der Waals surface area (Å²) in [6.07, 6.45) is 2.15. The Kier molecular flexibility index (Phi) is 6.49. The number of rotatable bonds is 7. The second-order valence-electron chi connectivity index (χ2n) is 6.94. The van der Waals surface area contributed by atoms with E-state index >= 15 is 0 Å². The first-order valence-electron chi connectivity index (χ1n) is 7.48. The van der Waals surface area contributed by atoms with E-state index in [1.165, 1.54) is 6.42 Å². The summed E-state index contributed by atoms with van der Waals surface area (Å²) in [6, 6.07) is 6.07. The quantitative estimate of drug-likeness (QED) is 0.595. The zero-order valence-corrected chi connectivity index (χ0v) is 14.2. The molecule has 0 aromatic heterocycles. The van der Waals surface area contributed by atoms with E-state index in [9.17, 15) is 0 Å². The molecule has 0 aliphatic heterocycles. The van der Waals surface area contributed by atoms with Crippen molar-refractivity contribution in [3.05, 3.63) is 23.8 Å². The van der Waals surface area contributed by atoms with Crippen molar-refractivity contribution in [3.63, 3.8) is 0 Å². The average molecular weight is 294 g/mol. The highest BCUT2D eigenvalue weighted by atomic mass is 16.5. The van der Waals surface area contributed by atoms with Crippen LogP contribution in [0.2, 0.25) is 0 Å². The van der Waals surface area contributed by atoms with Crippen LogP contribution in [0.4, 0.5) is 0 Å². The molecule has 0 heterocycles. The molecule has 3 N–H and O–H groups in total. The predicted octanol–water partition coefficient (Wildman–Crippen LogP) is 3.67. The van der Waals surface area contributed by atoms with Crippen LogP contribution in [0.15, 0.2) is 18.2 Å². The molecule has 0 radical (unpaired) electrons. The summed E-state index contributed by atoms with van der Waals surface area (Å²) >= 11 is 0. The number of ether oxygens (including phenoxy) is 2. The largest absolute Gasteiger partial charge is 0.493 e. The van der Waals surface area contributed by atoms with E-state index in [1.807, 2.05) is 18.2 Å². The molecule has 0 bridgehead atoms. The van der Waals surface area contributed by atoms with Gasteiger partial charge in [0.1, 0.15) is 0 Å². The lowest BCUT2D eigenvalue weighted by Crippen LogP contribution is -2.30. The lowest BCUT2D eigenvalue weighted by Gasteiger charge is -2.27. The Bertz CT molecular complexity index is 441. The molecule has 2 unspecified atom stereocenters. The Morgan fingerprint density at radius 3 is 2.24 bits per heavy atom. The fourth-order valence-electron chi connectivity index (χ4n) is 2.90. The van der Waals surface area contributed by atoms with Crippen molar-refractivity contribution in [2.24, 2.45) is 17.2 Å². The molecule has 1 rings (SSSR count). The van der Waals surface area contributed by atoms with Gasteiger partial charge in [0.2, 0.25) is 0 Å². The molecule has 0 saturated heterocycles. The molecular formula is C17H30N2O2. The smallest absolute Gasteiger partial charge is 0.161 e. The topological polar surface area (TPSA) is 56.5 Å². The van der Waals surface area contributed by atoms with Crippen molar-refractivity contribution in [3.8, 4) is 11.5 Å². The zero-order valence-electron chi connectivity index (χ0n) is 14.2. The Labute approximate surface area is 129 Å². The maximum atomic E-state index is 5.76. The summed E-state index contributed by atoms with van der Waals surface area (Å²) < 4.78 is 10.6. The molecule has 4 nitrogen and oxygen atoms in total. The maximum absolute atomic E-state index is 5.76. The van der Waals surface area contributed by atoms with Crippen LogP contribution >= 0.6 is 0 Å². The first-order valence-corrected chi connectivity index (χ1v) is 7.48. The molecule has 1 aromatic rings. The maximum Gasteiger partial charge on any atom is 0.161 e. The third kappa shape index (κ3) is 5.56. The van der Waals surface area contributed by atoms with Gasteiger partial charge in [-0.15, -0.1) is 0 Å². The van der Waals surface area contributed by atoms with Crippen molar-refractivity contribution in [1.82, 2.24) is 5.43 Å². The summed E-state index contributed by atoms with van der Waals surface area (Å²) in [7, 11) is 3.29. The number of nitrogens with two attached hydrogens (primary N) is 1. The molecule has 0 aliphatic rings. The molecule has 120 valence electrons. The van der Waals surface area contributed by atoms with Crippen molar-refractivity contribution < 1.29 is 9.47 Å². The van der Waals surface area contributed by atoms with Gasteiger partial charge in [-0.2, -0.15) is 0 Å². The molecular weight excluding hydrogens is 264 g/mol. The van der Waals surface area contributed by atoms with E-state index in [0.29, 0.717) is 11.3 Å². The van der Waals surface area contributed by atoms with Gasteiger partial charge in [0, 0.05) is 6.04 Å². The predicted molar refractivity (Wildman–Crippen MR) is 87.5 cm³/mol. The number of benzene rings is 1. The van der Waals surface area contributed by atoms with Crippen molar-refractivity contribution in [2.45, 2.75) is 46.6 Å². The van der Waals surface area contributed by atoms with Crippen molar-refractivity contribution >= 4 is 0 Å². The SMILES string of the molecule is COc1ccc(C(CC(C)CC(C)(C)C)NN)cc1OC. The highest BCUT2D eigenvalue weighted by Gasteiger charge is 2.20. The molecule has 0 fully saturated rings. The molecule has 4 heteroatoms. The third-order valence-corrected chi connectivity index (χ3v) is 3.61. The van der Waals surface area contributed by atoms with Gasteiger partial charge < -0.3 is 9.47 Å². The second kappa shape index (κ2) is 7.66. The van der Waals surface area contributed by atoms with Gasteiger partial charge in [-0.3, -0.25) is 11.3 Å². The van der Waals surface area contributed by atoms with E-state index in [2.05, 4.69) is 33.1 Å². The van der Waals surface area contributed by atoms with Crippen LogP contribution in [-0.4, -0.2) is 14.2 Å². The summed E-state index contributed by atoms with van der Waals surface area (Å²) in [4.78, 5) is 0. The Balaban J connectivity index is 2.85. The number of hydrogen-bond acceptors (Lipinski definition) is 4. The zero-order chi connectivity index (χ0) is 16.0. The van der Waals surface area contributed by atoms with Crippen LogP contribution < -0.4 is 20.7 Å². The highest BCUT2D eigenvalue weighted by molar-refractivity contribution is 5.43. The Morgan fingerprint density at radius 2 is 1.76 bits per heavy atom. The van der Waals surface area contributed by atoms with E-state index in [0.717, 1.165) is 23.5 Å². The fraction of sp³-hybridized carbons (Fsp3) is 0.647.